The summed E-state index contributed by atoms with van der Waals surface area (Å²) in [5.74, 6) is 1.94. The number of thioether (sulfide) groups is 1. The van der Waals surface area contributed by atoms with Crippen LogP contribution in [0.5, 0.6) is 5.75 Å². The summed E-state index contributed by atoms with van der Waals surface area (Å²) in [5, 5.41) is 7.50. The van der Waals surface area contributed by atoms with Gasteiger partial charge in [-0.2, -0.15) is 5.10 Å². The fourth-order valence-electron chi connectivity index (χ4n) is 3.99. The summed E-state index contributed by atoms with van der Waals surface area (Å²) in [7, 11) is 1.59. The molecular formula is C24H28N6O3S. The first-order chi connectivity index (χ1) is 16.3. The molecule has 1 fully saturated rings. The molecule has 0 radical (unpaired) electrons. The summed E-state index contributed by atoms with van der Waals surface area (Å²) in [6, 6.07) is 8.50. The Morgan fingerprint density at radius 2 is 1.79 bits per heavy atom. The third kappa shape index (κ3) is 4.91. The van der Waals surface area contributed by atoms with Gasteiger partial charge >= 0.3 is 0 Å². The molecule has 0 saturated carbocycles. The summed E-state index contributed by atoms with van der Waals surface area (Å²) in [6.07, 6.45) is 0.162. The Kier molecular flexibility index (Phi) is 6.87. The smallest absolute Gasteiger partial charge is 0.251 e. The van der Waals surface area contributed by atoms with E-state index in [1.54, 1.807) is 52.7 Å². The molecule has 2 aromatic heterocycles. The van der Waals surface area contributed by atoms with Crippen molar-refractivity contribution < 1.29 is 14.3 Å². The van der Waals surface area contributed by atoms with E-state index in [-0.39, 0.29) is 18.2 Å². The molecule has 0 aliphatic carbocycles. The zero-order valence-corrected chi connectivity index (χ0v) is 20.8. The summed E-state index contributed by atoms with van der Waals surface area (Å²) in [5.41, 5.74) is 4.78. The van der Waals surface area contributed by atoms with Crippen LogP contribution in [0.15, 0.2) is 30.3 Å². The minimum Gasteiger partial charge on any atom is -0.497 e. The van der Waals surface area contributed by atoms with Crippen molar-refractivity contribution >= 4 is 29.3 Å². The van der Waals surface area contributed by atoms with Crippen LogP contribution in [0.2, 0.25) is 0 Å². The number of anilines is 1. The van der Waals surface area contributed by atoms with Crippen molar-refractivity contribution in [2.45, 2.75) is 40.2 Å². The second-order valence-electron chi connectivity index (χ2n) is 8.29. The molecule has 3 heterocycles. The van der Waals surface area contributed by atoms with Crippen molar-refractivity contribution in [2.24, 2.45) is 0 Å². The highest BCUT2D eigenvalue weighted by molar-refractivity contribution is 7.99. The first-order valence-electron chi connectivity index (χ1n) is 11.0. The molecular weight excluding hydrogens is 452 g/mol. The van der Waals surface area contributed by atoms with Crippen LogP contribution in [0.3, 0.4) is 0 Å². The van der Waals surface area contributed by atoms with Gasteiger partial charge in [-0.15, -0.1) is 11.8 Å². The lowest BCUT2D eigenvalue weighted by atomic mass is 10.1. The van der Waals surface area contributed by atoms with Crippen molar-refractivity contribution in [3.8, 4) is 11.7 Å². The first-order valence-corrected chi connectivity index (χ1v) is 12.1. The number of hydrogen-bond donors (Lipinski definition) is 1. The summed E-state index contributed by atoms with van der Waals surface area (Å²) in [4.78, 5) is 36.8. The fraction of sp³-hybridized carbons (Fsp3) is 0.375. The Balaban J connectivity index is 1.49. The highest BCUT2D eigenvalue weighted by Crippen LogP contribution is 2.25. The molecule has 178 valence electrons. The van der Waals surface area contributed by atoms with Crippen molar-refractivity contribution in [3.63, 3.8) is 0 Å². The maximum absolute atomic E-state index is 13.3. The van der Waals surface area contributed by atoms with Crippen LogP contribution in [0.1, 0.15) is 28.3 Å². The molecule has 1 atom stereocenters. The van der Waals surface area contributed by atoms with Gasteiger partial charge in [0.1, 0.15) is 11.8 Å². The minimum atomic E-state index is -0.530. The van der Waals surface area contributed by atoms with Crippen LogP contribution in [0, 0.1) is 27.7 Å². The van der Waals surface area contributed by atoms with Gasteiger partial charge in [-0.3, -0.25) is 9.59 Å². The highest BCUT2D eigenvalue weighted by Gasteiger charge is 2.35. The minimum absolute atomic E-state index is 0.105. The van der Waals surface area contributed by atoms with E-state index in [0.29, 0.717) is 29.0 Å². The molecule has 1 aliphatic rings. The van der Waals surface area contributed by atoms with Gasteiger partial charge in [0.05, 0.1) is 25.1 Å². The van der Waals surface area contributed by atoms with Crippen LogP contribution in [0.4, 0.5) is 5.69 Å². The van der Waals surface area contributed by atoms with E-state index in [4.69, 9.17) is 4.74 Å². The third-order valence-electron chi connectivity index (χ3n) is 5.79. The summed E-state index contributed by atoms with van der Waals surface area (Å²) in [6.45, 7) is 7.62. The highest BCUT2D eigenvalue weighted by atomic mass is 32.2. The lowest BCUT2D eigenvalue weighted by molar-refractivity contribution is -0.135. The van der Waals surface area contributed by atoms with Crippen LogP contribution >= 0.6 is 11.8 Å². The quantitative estimate of drug-likeness (QED) is 0.579. The van der Waals surface area contributed by atoms with E-state index in [1.807, 2.05) is 33.8 Å². The Morgan fingerprint density at radius 1 is 1.12 bits per heavy atom. The van der Waals surface area contributed by atoms with E-state index in [9.17, 15) is 9.59 Å². The maximum Gasteiger partial charge on any atom is 0.251 e. The Labute approximate surface area is 202 Å². The van der Waals surface area contributed by atoms with Crippen LogP contribution in [-0.2, 0) is 16.0 Å². The molecule has 9 nitrogen and oxygen atoms in total. The van der Waals surface area contributed by atoms with Gasteiger partial charge in [0.2, 0.25) is 11.8 Å². The molecule has 4 rings (SSSR count). The number of amides is 2. The van der Waals surface area contributed by atoms with E-state index >= 15 is 0 Å². The van der Waals surface area contributed by atoms with Crippen molar-refractivity contribution in [1.82, 2.24) is 24.6 Å². The zero-order chi connectivity index (χ0) is 24.4. The van der Waals surface area contributed by atoms with Gasteiger partial charge in [-0.25, -0.2) is 14.6 Å². The molecule has 1 aliphatic heterocycles. The second-order valence-corrected chi connectivity index (χ2v) is 9.29. The van der Waals surface area contributed by atoms with Crippen LogP contribution in [-0.4, -0.2) is 61.2 Å². The van der Waals surface area contributed by atoms with E-state index < -0.39 is 6.04 Å². The molecule has 1 N–H and O–H groups in total. The number of nitrogens with one attached hydrogen (secondary N) is 1. The monoisotopic (exact) mass is 480 g/mol. The predicted molar refractivity (Wildman–Crippen MR) is 131 cm³/mol. The lowest BCUT2D eigenvalue weighted by Crippen LogP contribution is -2.45. The van der Waals surface area contributed by atoms with Gasteiger partial charge in [-0.05, 0) is 58.0 Å². The normalized spacial score (nSPS) is 15.4. The average molecular weight is 481 g/mol. The summed E-state index contributed by atoms with van der Waals surface area (Å²) < 4.78 is 6.84. The molecule has 3 aromatic rings. The topological polar surface area (TPSA) is 102 Å². The largest absolute Gasteiger partial charge is 0.497 e. The molecule has 34 heavy (non-hydrogen) atoms. The number of ether oxygens (including phenoxy) is 1. The van der Waals surface area contributed by atoms with Gasteiger partial charge in [0.25, 0.3) is 5.95 Å². The summed E-state index contributed by atoms with van der Waals surface area (Å²) >= 11 is 1.57. The van der Waals surface area contributed by atoms with Gasteiger partial charge in [0, 0.05) is 34.1 Å². The fourth-order valence-corrected chi connectivity index (χ4v) is 5.17. The number of aromatic nitrogens is 4. The number of hydrogen-bond acceptors (Lipinski definition) is 7. The predicted octanol–water partition coefficient (Wildman–Crippen LogP) is 2.99. The molecule has 0 bridgehead atoms. The van der Waals surface area contributed by atoms with Crippen molar-refractivity contribution in [3.05, 3.63) is 58.7 Å². The maximum atomic E-state index is 13.3. The van der Waals surface area contributed by atoms with E-state index in [2.05, 4.69) is 20.4 Å². The standard InChI is InChI=1S/C24H28N6O3S/c1-14-10-15(2)26-24(25-14)30-17(4)20(16(3)28-30)11-22(31)29-13-34-12-21(29)23(32)27-18-6-8-19(33-5)9-7-18/h6-10,21H,11-13H2,1-5H3,(H,27,32). The second kappa shape index (κ2) is 9.84. The van der Waals surface area contributed by atoms with Crippen molar-refractivity contribution in [1.29, 1.82) is 0 Å². The van der Waals surface area contributed by atoms with Gasteiger partial charge in [-0.1, -0.05) is 0 Å². The number of methoxy groups -OCH3 is 1. The molecule has 2 amide bonds. The average Bonchev–Trinajstić information content (AvgIpc) is 3.40. The number of benzene rings is 1. The molecule has 0 spiro atoms. The Morgan fingerprint density at radius 3 is 2.44 bits per heavy atom. The number of carbonyl (C=O) groups is 2. The van der Waals surface area contributed by atoms with Crippen molar-refractivity contribution in [2.75, 3.05) is 24.1 Å². The number of nitrogens with zero attached hydrogens (tertiary/aromatic N) is 5. The van der Waals surface area contributed by atoms with Gasteiger partial charge in [0.15, 0.2) is 0 Å². The molecule has 1 unspecified atom stereocenters. The number of rotatable bonds is 6. The number of carbonyl (C=O) groups excluding carboxylic acids is 2. The lowest BCUT2D eigenvalue weighted by Gasteiger charge is -2.23. The van der Waals surface area contributed by atoms with Crippen LogP contribution < -0.4 is 10.1 Å². The molecule has 10 heteroatoms. The third-order valence-corrected chi connectivity index (χ3v) is 6.80. The Hall–Kier alpha value is -3.40. The number of aryl methyl sites for hydroxylation is 3. The molecule has 1 saturated heterocycles. The Bertz CT molecular complexity index is 1200. The van der Waals surface area contributed by atoms with E-state index in [0.717, 1.165) is 28.3 Å². The SMILES string of the molecule is COc1ccc(NC(=O)C2CSCN2C(=O)Cc2c(C)nn(-c3nc(C)cc(C)n3)c2C)cc1. The zero-order valence-electron chi connectivity index (χ0n) is 20.0. The molecule has 1 aromatic carbocycles. The van der Waals surface area contributed by atoms with Crippen LogP contribution in [0.25, 0.3) is 5.95 Å². The van der Waals surface area contributed by atoms with E-state index in [1.165, 1.54) is 0 Å². The van der Waals surface area contributed by atoms with Gasteiger partial charge < -0.3 is 15.0 Å². The first kappa shape index (κ1) is 23.7.